The summed E-state index contributed by atoms with van der Waals surface area (Å²) in [5, 5.41) is 2.82. The van der Waals surface area contributed by atoms with Gasteiger partial charge in [0.1, 0.15) is 5.82 Å². The summed E-state index contributed by atoms with van der Waals surface area (Å²) in [4.78, 5) is 17.3. The van der Waals surface area contributed by atoms with E-state index in [2.05, 4.69) is 19.9 Å². The van der Waals surface area contributed by atoms with Crippen LogP contribution in [-0.2, 0) is 11.3 Å². The number of hydrogen-bond donors (Lipinski definition) is 2. The van der Waals surface area contributed by atoms with Gasteiger partial charge >= 0.3 is 6.09 Å². The molecule has 2 heterocycles. The minimum atomic E-state index is -0.366. The van der Waals surface area contributed by atoms with Crippen molar-refractivity contribution in [1.29, 1.82) is 0 Å². The van der Waals surface area contributed by atoms with E-state index in [-0.39, 0.29) is 12.1 Å². The third-order valence-corrected chi connectivity index (χ3v) is 3.03. The molecular weight excluding hydrogens is 232 g/mol. The van der Waals surface area contributed by atoms with Crippen molar-refractivity contribution >= 4 is 11.9 Å². The molecule has 6 nitrogen and oxygen atoms in total. The van der Waals surface area contributed by atoms with Gasteiger partial charge in [-0.05, 0) is 24.1 Å². The van der Waals surface area contributed by atoms with Crippen molar-refractivity contribution in [3.63, 3.8) is 0 Å². The highest BCUT2D eigenvalue weighted by atomic mass is 16.5. The molecule has 6 heteroatoms. The Morgan fingerprint density at radius 2 is 2.56 bits per heavy atom. The number of likely N-dealkylation sites (tertiary alicyclic amines) is 1. The minimum absolute atomic E-state index is 0.164. The zero-order valence-electron chi connectivity index (χ0n) is 10.4. The van der Waals surface area contributed by atoms with Crippen molar-refractivity contribution in [2.75, 3.05) is 25.9 Å². The SMILES string of the molecule is COC(=O)NC1CCN(Cc2ccnc(N)c2)C1. The van der Waals surface area contributed by atoms with E-state index < -0.39 is 0 Å². The van der Waals surface area contributed by atoms with Gasteiger partial charge in [-0.15, -0.1) is 0 Å². The second kappa shape index (κ2) is 5.68. The highest BCUT2D eigenvalue weighted by Crippen LogP contribution is 2.14. The summed E-state index contributed by atoms with van der Waals surface area (Å²) in [6.07, 6.45) is 2.29. The van der Waals surface area contributed by atoms with Crippen molar-refractivity contribution in [3.8, 4) is 0 Å². The van der Waals surface area contributed by atoms with Crippen LogP contribution in [0.15, 0.2) is 18.3 Å². The van der Waals surface area contributed by atoms with E-state index in [9.17, 15) is 4.79 Å². The molecule has 2 rings (SSSR count). The number of amides is 1. The average Bonchev–Trinajstić information content (AvgIpc) is 2.76. The molecule has 0 aliphatic carbocycles. The van der Waals surface area contributed by atoms with Crippen LogP contribution in [0, 0.1) is 0 Å². The van der Waals surface area contributed by atoms with Crippen LogP contribution in [0.25, 0.3) is 0 Å². The number of carbonyl (C=O) groups excluding carboxylic acids is 1. The number of pyridine rings is 1. The Labute approximate surface area is 106 Å². The molecule has 18 heavy (non-hydrogen) atoms. The molecule has 1 saturated heterocycles. The number of ether oxygens (including phenoxy) is 1. The van der Waals surface area contributed by atoms with Gasteiger partial charge in [0.15, 0.2) is 0 Å². The van der Waals surface area contributed by atoms with Crippen LogP contribution < -0.4 is 11.1 Å². The van der Waals surface area contributed by atoms with Gasteiger partial charge in [-0.2, -0.15) is 0 Å². The number of hydrogen-bond acceptors (Lipinski definition) is 5. The lowest BCUT2D eigenvalue weighted by atomic mass is 10.2. The largest absolute Gasteiger partial charge is 0.453 e. The molecule has 1 aliphatic rings. The molecular formula is C12H18N4O2. The van der Waals surface area contributed by atoms with Gasteiger partial charge in [-0.3, -0.25) is 4.90 Å². The Balaban J connectivity index is 1.84. The van der Waals surface area contributed by atoms with Crippen molar-refractivity contribution in [1.82, 2.24) is 15.2 Å². The van der Waals surface area contributed by atoms with Gasteiger partial charge in [-0.1, -0.05) is 0 Å². The second-order valence-electron chi connectivity index (χ2n) is 4.45. The lowest BCUT2D eigenvalue weighted by Crippen LogP contribution is -2.36. The molecule has 1 aromatic rings. The number of methoxy groups -OCH3 is 1. The molecule has 1 fully saturated rings. The van der Waals surface area contributed by atoms with Crippen LogP contribution in [0.5, 0.6) is 0 Å². The zero-order chi connectivity index (χ0) is 13.0. The van der Waals surface area contributed by atoms with E-state index in [1.807, 2.05) is 12.1 Å². The summed E-state index contributed by atoms with van der Waals surface area (Å²) in [5.74, 6) is 0.538. The lowest BCUT2D eigenvalue weighted by Gasteiger charge is -2.16. The van der Waals surface area contributed by atoms with Crippen molar-refractivity contribution in [3.05, 3.63) is 23.9 Å². The van der Waals surface area contributed by atoms with Crippen LogP contribution in [0.2, 0.25) is 0 Å². The summed E-state index contributed by atoms with van der Waals surface area (Å²) in [6.45, 7) is 2.61. The monoisotopic (exact) mass is 250 g/mol. The third kappa shape index (κ3) is 3.33. The molecule has 98 valence electrons. The number of alkyl carbamates (subject to hydrolysis) is 1. The predicted octanol–water partition coefficient (Wildman–Crippen LogP) is 0.594. The first-order valence-corrected chi connectivity index (χ1v) is 5.94. The Morgan fingerprint density at radius 1 is 1.72 bits per heavy atom. The number of nitrogens with one attached hydrogen (secondary N) is 1. The maximum Gasteiger partial charge on any atom is 0.407 e. The van der Waals surface area contributed by atoms with E-state index in [4.69, 9.17) is 5.73 Å². The van der Waals surface area contributed by atoms with Crippen molar-refractivity contribution < 1.29 is 9.53 Å². The second-order valence-corrected chi connectivity index (χ2v) is 4.45. The summed E-state index contributed by atoms with van der Waals surface area (Å²) in [7, 11) is 1.38. The lowest BCUT2D eigenvalue weighted by molar-refractivity contribution is 0.166. The van der Waals surface area contributed by atoms with Gasteiger partial charge in [0.05, 0.1) is 7.11 Å². The molecule has 3 N–H and O–H groups in total. The van der Waals surface area contributed by atoms with Gasteiger partial charge in [-0.25, -0.2) is 9.78 Å². The molecule has 1 unspecified atom stereocenters. The summed E-state index contributed by atoms with van der Waals surface area (Å²) in [5.41, 5.74) is 6.78. The fraction of sp³-hybridized carbons (Fsp3) is 0.500. The standard InChI is InChI=1S/C12H18N4O2/c1-18-12(17)15-10-3-5-16(8-10)7-9-2-4-14-11(13)6-9/h2,4,6,10H,3,5,7-8H2,1H3,(H2,13,14)(H,15,17). The molecule has 0 aromatic carbocycles. The minimum Gasteiger partial charge on any atom is -0.453 e. The number of anilines is 1. The van der Waals surface area contributed by atoms with Crippen molar-refractivity contribution in [2.24, 2.45) is 0 Å². The highest BCUT2D eigenvalue weighted by Gasteiger charge is 2.23. The Kier molecular flexibility index (Phi) is 3.99. The van der Waals surface area contributed by atoms with Crippen LogP contribution in [0.4, 0.5) is 10.6 Å². The number of aromatic nitrogens is 1. The van der Waals surface area contributed by atoms with Gasteiger partial charge < -0.3 is 15.8 Å². The number of nitrogens with zero attached hydrogens (tertiary/aromatic N) is 2. The Bertz CT molecular complexity index is 424. The molecule has 1 aromatic heterocycles. The first-order valence-electron chi connectivity index (χ1n) is 5.94. The van der Waals surface area contributed by atoms with Crippen LogP contribution >= 0.6 is 0 Å². The van der Waals surface area contributed by atoms with E-state index in [1.54, 1.807) is 6.20 Å². The molecule has 1 aliphatic heterocycles. The molecule has 0 bridgehead atoms. The average molecular weight is 250 g/mol. The van der Waals surface area contributed by atoms with E-state index in [1.165, 1.54) is 7.11 Å². The Morgan fingerprint density at radius 3 is 3.28 bits per heavy atom. The maximum atomic E-state index is 11.1. The number of carbonyl (C=O) groups is 1. The molecule has 1 atom stereocenters. The molecule has 1 amide bonds. The first-order chi connectivity index (χ1) is 8.67. The van der Waals surface area contributed by atoms with Crippen LogP contribution in [-0.4, -0.2) is 42.2 Å². The quantitative estimate of drug-likeness (QED) is 0.821. The summed E-state index contributed by atoms with van der Waals surface area (Å²) < 4.78 is 4.59. The number of rotatable bonds is 3. The predicted molar refractivity (Wildman–Crippen MR) is 67.9 cm³/mol. The van der Waals surface area contributed by atoms with Crippen LogP contribution in [0.1, 0.15) is 12.0 Å². The van der Waals surface area contributed by atoms with Crippen molar-refractivity contribution in [2.45, 2.75) is 19.0 Å². The summed E-state index contributed by atoms with van der Waals surface area (Å²) >= 11 is 0. The first kappa shape index (κ1) is 12.6. The van der Waals surface area contributed by atoms with E-state index in [0.29, 0.717) is 5.82 Å². The Hall–Kier alpha value is -1.82. The molecule has 0 spiro atoms. The third-order valence-electron chi connectivity index (χ3n) is 3.03. The van der Waals surface area contributed by atoms with E-state index in [0.717, 1.165) is 31.6 Å². The smallest absolute Gasteiger partial charge is 0.407 e. The fourth-order valence-electron chi connectivity index (χ4n) is 2.17. The summed E-state index contributed by atoms with van der Waals surface area (Å²) in [6, 6.07) is 4.00. The van der Waals surface area contributed by atoms with Crippen LogP contribution in [0.3, 0.4) is 0 Å². The number of nitrogens with two attached hydrogens (primary N) is 1. The normalized spacial score (nSPS) is 19.7. The molecule has 0 saturated carbocycles. The fourth-order valence-corrected chi connectivity index (χ4v) is 2.17. The van der Waals surface area contributed by atoms with E-state index >= 15 is 0 Å². The van der Waals surface area contributed by atoms with Gasteiger partial charge in [0, 0.05) is 31.9 Å². The molecule has 0 radical (unpaired) electrons. The highest BCUT2D eigenvalue weighted by molar-refractivity contribution is 5.67. The van der Waals surface area contributed by atoms with Gasteiger partial charge in [0.2, 0.25) is 0 Å². The number of nitrogen functional groups attached to an aromatic ring is 1. The van der Waals surface area contributed by atoms with Gasteiger partial charge in [0.25, 0.3) is 0 Å². The topological polar surface area (TPSA) is 80.5 Å². The maximum absolute atomic E-state index is 11.1. The zero-order valence-corrected chi connectivity index (χ0v) is 10.4.